The first kappa shape index (κ1) is 9.27. The van der Waals surface area contributed by atoms with Gasteiger partial charge in [-0.3, -0.25) is 0 Å². The predicted octanol–water partition coefficient (Wildman–Crippen LogP) is 2.46. The van der Waals surface area contributed by atoms with E-state index in [9.17, 15) is 0 Å². The quantitative estimate of drug-likeness (QED) is 0.630. The Balaban J connectivity index is 1.97. The van der Waals surface area contributed by atoms with Gasteiger partial charge in [0.25, 0.3) is 0 Å². The fourth-order valence-electron chi connectivity index (χ4n) is 0.999. The van der Waals surface area contributed by atoms with Gasteiger partial charge in [-0.15, -0.1) is 0 Å². The molecular formula is C10H11IO2. The normalized spacial score (nSPS) is 25.7. The Kier molecular flexibility index (Phi) is 2.47. The van der Waals surface area contributed by atoms with Gasteiger partial charge in [0.1, 0.15) is 18.0 Å². The van der Waals surface area contributed by atoms with Crippen LogP contribution in [0.4, 0.5) is 0 Å². The lowest BCUT2D eigenvalue weighted by Gasteiger charge is -2.09. The zero-order valence-corrected chi connectivity index (χ0v) is 9.58. The Labute approximate surface area is 91.4 Å². The molecule has 1 heterocycles. The van der Waals surface area contributed by atoms with Crippen molar-refractivity contribution < 1.29 is 9.47 Å². The fourth-order valence-corrected chi connectivity index (χ4v) is 1.54. The molecule has 0 N–H and O–H groups in total. The highest BCUT2D eigenvalue weighted by Gasteiger charge is 2.40. The Morgan fingerprint density at radius 3 is 2.85 bits per heavy atom. The maximum absolute atomic E-state index is 5.63. The summed E-state index contributed by atoms with van der Waals surface area (Å²) in [6.45, 7) is 3.52. The molecule has 0 spiro atoms. The highest BCUT2D eigenvalue weighted by Crippen LogP contribution is 2.28. The molecule has 70 valence electrons. The molecule has 2 nitrogen and oxygen atoms in total. The average Bonchev–Trinajstić information content (AvgIpc) is 2.83. The SMILES string of the molecule is CC1(COc2ccccc2I)CO1. The first-order chi connectivity index (χ1) is 6.20. The van der Waals surface area contributed by atoms with E-state index in [-0.39, 0.29) is 5.60 Å². The lowest BCUT2D eigenvalue weighted by Crippen LogP contribution is -2.17. The third-order valence-electron chi connectivity index (χ3n) is 2.01. The van der Waals surface area contributed by atoms with Crippen molar-refractivity contribution in [3.63, 3.8) is 0 Å². The molecule has 0 bridgehead atoms. The van der Waals surface area contributed by atoms with Gasteiger partial charge in [0, 0.05) is 0 Å². The molecule has 0 aliphatic carbocycles. The van der Waals surface area contributed by atoms with Gasteiger partial charge in [0.2, 0.25) is 0 Å². The van der Waals surface area contributed by atoms with Crippen molar-refractivity contribution in [1.82, 2.24) is 0 Å². The van der Waals surface area contributed by atoms with Gasteiger partial charge in [-0.25, -0.2) is 0 Å². The van der Waals surface area contributed by atoms with E-state index in [1.165, 1.54) is 0 Å². The van der Waals surface area contributed by atoms with Crippen LogP contribution in [0.2, 0.25) is 0 Å². The van der Waals surface area contributed by atoms with Crippen molar-refractivity contribution >= 4 is 22.6 Å². The predicted molar refractivity (Wildman–Crippen MR) is 59.0 cm³/mol. The number of halogens is 1. The Morgan fingerprint density at radius 2 is 2.23 bits per heavy atom. The summed E-state index contributed by atoms with van der Waals surface area (Å²) in [5.41, 5.74) is -0.0288. The van der Waals surface area contributed by atoms with Crippen LogP contribution in [-0.4, -0.2) is 18.8 Å². The molecule has 13 heavy (non-hydrogen) atoms. The second-order valence-electron chi connectivity index (χ2n) is 3.46. The van der Waals surface area contributed by atoms with Crippen LogP contribution < -0.4 is 4.74 Å². The van der Waals surface area contributed by atoms with Crippen molar-refractivity contribution in [2.45, 2.75) is 12.5 Å². The van der Waals surface area contributed by atoms with Crippen molar-refractivity contribution in [3.05, 3.63) is 27.8 Å². The number of para-hydroxylation sites is 1. The van der Waals surface area contributed by atoms with Crippen LogP contribution in [0.25, 0.3) is 0 Å². The molecule has 0 saturated carbocycles. The van der Waals surface area contributed by atoms with Gasteiger partial charge >= 0.3 is 0 Å². The summed E-state index contributed by atoms with van der Waals surface area (Å²) >= 11 is 2.27. The van der Waals surface area contributed by atoms with E-state index < -0.39 is 0 Å². The van der Waals surface area contributed by atoms with Gasteiger partial charge in [-0.1, -0.05) is 12.1 Å². The lowest BCUT2D eigenvalue weighted by atomic mass is 10.2. The Hall–Kier alpha value is -0.290. The molecule has 1 saturated heterocycles. The Morgan fingerprint density at radius 1 is 1.54 bits per heavy atom. The minimum atomic E-state index is -0.0288. The number of rotatable bonds is 3. The molecule has 1 aliphatic rings. The van der Waals surface area contributed by atoms with E-state index in [0.29, 0.717) is 6.61 Å². The molecule has 0 aromatic heterocycles. The molecule has 0 radical (unpaired) electrons. The first-order valence-electron chi connectivity index (χ1n) is 4.21. The van der Waals surface area contributed by atoms with E-state index in [1.807, 2.05) is 24.3 Å². The number of epoxide rings is 1. The van der Waals surface area contributed by atoms with Crippen LogP contribution in [0, 0.1) is 3.57 Å². The van der Waals surface area contributed by atoms with Crippen LogP contribution in [0.1, 0.15) is 6.92 Å². The zero-order valence-electron chi connectivity index (χ0n) is 7.42. The summed E-state index contributed by atoms with van der Waals surface area (Å²) in [4.78, 5) is 0. The monoisotopic (exact) mass is 290 g/mol. The van der Waals surface area contributed by atoms with E-state index in [4.69, 9.17) is 9.47 Å². The zero-order chi connectivity index (χ0) is 9.31. The summed E-state index contributed by atoms with van der Waals surface area (Å²) in [6, 6.07) is 8.00. The van der Waals surface area contributed by atoms with E-state index in [2.05, 4.69) is 29.5 Å². The summed E-state index contributed by atoms with van der Waals surface area (Å²) in [5.74, 6) is 0.944. The third-order valence-corrected chi connectivity index (χ3v) is 2.90. The van der Waals surface area contributed by atoms with Gasteiger partial charge in [0.05, 0.1) is 10.2 Å². The van der Waals surface area contributed by atoms with Crippen LogP contribution in [0.3, 0.4) is 0 Å². The van der Waals surface area contributed by atoms with Crippen LogP contribution in [-0.2, 0) is 4.74 Å². The molecule has 1 fully saturated rings. The molecule has 1 aliphatic heterocycles. The number of ether oxygens (including phenoxy) is 2. The largest absolute Gasteiger partial charge is 0.489 e. The number of benzene rings is 1. The summed E-state index contributed by atoms with van der Waals surface area (Å²) in [6.07, 6.45) is 0. The van der Waals surface area contributed by atoms with Crippen LogP contribution in [0.5, 0.6) is 5.75 Å². The lowest BCUT2D eigenvalue weighted by molar-refractivity contribution is 0.201. The van der Waals surface area contributed by atoms with E-state index in [0.717, 1.165) is 15.9 Å². The van der Waals surface area contributed by atoms with Gasteiger partial charge in [0.15, 0.2) is 0 Å². The smallest absolute Gasteiger partial charge is 0.132 e. The maximum atomic E-state index is 5.63. The van der Waals surface area contributed by atoms with Gasteiger partial charge in [-0.2, -0.15) is 0 Å². The van der Waals surface area contributed by atoms with Gasteiger partial charge < -0.3 is 9.47 Å². The molecule has 1 aromatic rings. The van der Waals surface area contributed by atoms with Crippen LogP contribution >= 0.6 is 22.6 Å². The van der Waals surface area contributed by atoms with Crippen LogP contribution in [0.15, 0.2) is 24.3 Å². The highest BCUT2D eigenvalue weighted by atomic mass is 127. The third kappa shape index (κ3) is 2.34. The fraction of sp³-hybridized carbons (Fsp3) is 0.400. The Bertz CT molecular complexity index is 308. The minimum absolute atomic E-state index is 0.0288. The molecular weight excluding hydrogens is 279 g/mol. The van der Waals surface area contributed by atoms with E-state index in [1.54, 1.807) is 0 Å². The summed E-state index contributed by atoms with van der Waals surface area (Å²) < 4.78 is 12.0. The second-order valence-corrected chi connectivity index (χ2v) is 4.62. The average molecular weight is 290 g/mol. The maximum Gasteiger partial charge on any atom is 0.132 e. The number of hydrogen-bond acceptors (Lipinski definition) is 2. The number of hydrogen-bond donors (Lipinski definition) is 0. The molecule has 1 aromatic carbocycles. The minimum Gasteiger partial charge on any atom is -0.489 e. The standard InChI is InChI=1S/C10H11IO2/c1-10(7-13-10)6-12-9-5-3-2-4-8(9)11/h2-5H,6-7H2,1H3. The van der Waals surface area contributed by atoms with Crippen molar-refractivity contribution in [2.75, 3.05) is 13.2 Å². The van der Waals surface area contributed by atoms with Gasteiger partial charge in [-0.05, 0) is 41.6 Å². The topological polar surface area (TPSA) is 21.8 Å². The van der Waals surface area contributed by atoms with Crippen molar-refractivity contribution in [1.29, 1.82) is 0 Å². The summed E-state index contributed by atoms with van der Waals surface area (Å²) in [7, 11) is 0. The van der Waals surface area contributed by atoms with Crippen molar-refractivity contribution in [3.8, 4) is 5.75 Å². The molecule has 1 atom stereocenters. The molecule has 1 unspecified atom stereocenters. The second kappa shape index (κ2) is 3.46. The first-order valence-corrected chi connectivity index (χ1v) is 5.29. The summed E-state index contributed by atoms with van der Waals surface area (Å²) in [5, 5.41) is 0. The molecule has 3 heteroatoms. The van der Waals surface area contributed by atoms with Crippen molar-refractivity contribution in [2.24, 2.45) is 0 Å². The highest BCUT2D eigenvalue weighted by molar-refractivity contribution is 14.1. The molecule has 0 amide bonds. The molecule has 2 rings (SSSR count). The van der Waals surface area contributed by atoms with E-state index >= 15 is 0 Å².